The second-order valence-electron chi connectivity index (χ2n) is 5.11. The Morgan fingerprint density at radius 2 is 2.00 bits per heavy atom. The Hall–Kier alpha value is -0.910. The fraction of sp³-hybridized carbons (Fsp3) is 0.714. The highest BCUT2D eigenvalue weighted by Gasteiger charge is 2.08. The van der Waals surface area contributed by atoms with Gasteiger partial charge in [0.05, 0.1) is 0 Å². The summed E-state index contributed by atoms with van der Waals surface area (Å²) in [5.74, 6) is 1.38. The van der Waals surface area contributed by atoms with Gasteiger partial charge in [-0.2, -0.15) is 0 Å². The Bertz CT molecular complexity index is 408. The first-order valence-corrected chi connectivity index (χ1v) is 7.64. The molecule has 1 saturated heterocycles. The zero-order chi connectivity index (χ0) is 14.2. The van der Waals surface area contributed by atoms with Gasteiger partial charge < -0.3 is 15.0 Å². The first-order valence-electron chi connectivity index (χ1n) is 7.26. The van der Waals surface area contributed by atoms with Crippen LogP contribution in [-0.4, -0.2) is 48.2 Å². The van der Waals surface area contributed by atoms with Gasteiger partial charge in [0.1, 0.15) is 17.6 Å². The van der Waals surface area contributed by atoms with Crippen LogP contribution in [0.15, 0.2) is 6.07 Å². The van der Waals surface area contributed by atoms with Gasteiger partial charge in [-0.1, -0.05) is 24.4 Å². The second-order valence-corrected chi connectivity index (χ2v) is 5.50. The van der Waals surface area contributed by atoms with E-state index < -0.39 is 0 Å². The quantitative estimate of drug-likeness (QED) is 0.818. The monoisotopic (exact) mass is 298 g/mol. The first-order chi connectivity index (χ1) is 9.78. The van der Waals surface area contributed by atoms with Crippen molar-refractivity contribution in [3.63, 3.8) is 0 Å². The van der Waals surface area contributed by atoms with Crippen molar-refractivity contribution in [1.82, 2.24) is 14.9 Å². The molecule has 0 spiro atoms. The molecule has 0 saturated carbocycles. The molecule has 1 aliphatic heterocycles. The van der Waals surface area contributed by atoms with E-state index >= 15 is 0 Å². The molecule has 0 aromatic carbocycles. The predicted molar refractivity (Wildman–Crippen MR) is 81.2 cm³/mol. The Morgan fingerprint density at radius 3 is 2.70 bits per heavy atom. The van der Waals surface area contributed by atoms with Gasteiger partial charge in [-0.3, -0.25) is 0 Å². The number of nitrogens with zero attached hydrogens (tertiary/aromatic N) is 3. The van der Waals surface area contributed by atoms with Crippen LogP contribution in [0.3, 0.4) is 0 Å². The summed E-state index contributed by atoms with van der Waals surface area (Å²) < 4.78 is 5.03. The molecule has 1 N–H and O–H groups in total. The van der Waals surface area contributed by atoms with Gasteiger partial charge in [0.2, 0.25) is 0 Å². The van der Waals surface area contributed by atoms with Crippen LogP contribution in [0.4, 0.5) is 5.82 Å². The van der Waals surface area contributed by atoms with Crippen molar-refractivity contribution in [3.8, 4) is 0 Å². The summed E-state index contributed by atoms with van der Waals surface area (Å²) in [6, 6.07) is 1.75. The van der Waals surface area contributed by atoms with Crippen molar-refractivity contribution in [2.45, 2.75) is 32.3 Å². The van der Waals surface area contributed by atoms with E-state index in [1.54, 1.807) is 13.2 Å². The van der Waals surface area contributed by atoms with E-state index in [0.29, 0.717) is 17.6 Å². The van der Waals surface area contributed by atoms with Gasteiger partial charge in [0.25, 0.3) is 0 Å². The van der Waals surface area contributed by atoms with Gasteiger partial charge in [-0.15, -0.1) is 0 Å². The van der Waals surface area contributed by atoms with Crippen molar-refractivity contribution in [3.05, 3.63) is 17.0 Å². The highest BCUT2D eigenvalue weighted by molar-refractivity contribution is 6.29. The van der Waals surface area contributed by atoms with Crippen molar-refractivity contribution >= 4 is 17.4 Å². The standard InChI is InChI=1S/C14H23ClN4O/c1-20-11-14-17-12(15)10-13(18-14)16-6-9-19-7-4-2-3-5-8-19/h10H,2-9,11H2,1H3,(H,16,17,18). The van der Waals surface area contributed by atoms with E-state index in [1.165, 1.54) is 38.8 Å². The zero-order valence-electron chi connectivity index (χ0n) is 12.1. The van der Waals surface area contributed by atoms with Crippen molar-refractivity contribution in [1.29, 1.82) is 0 Å². The Balaban J connectivity index is 1.80. The van der Waals surface area contributed by atoms with E-state index in [9.17, 15) is 0 Å². The van der Waals surface area contributed by atoms with E-state index in [4.69, 9.17) is 16.3 Å². The number of hydrogen-bond donors (Lipinski definition) is 1. The topological polar surface area (TPSA) is 50.3 Å². The third-order valence-electron chi connectivity index (χ3n) is 3.45. The van der Waals surface area contributed by atoms with Gasteiger partial charge >= 0.3 is 0 Å². The number of methoxy groups -OCH3 is 1. The Morgan fingerprint density at radius 1 is 1.25 bits per heavy atom. The average Bonchev–Trinajstić information content (AvgIpc) is 2.67. The maximum Gasteiger partial charge on any atom is 0.158 e. The van der Waals surface area contributed by atoms with Crippen LogP contribution >= 0.6 is 11.6 Å². The highest BCUT2D eigenvalue weighted by Crippen LogP contribution is 2.12. The molecular weight excluding hydrogens is 276 g/mol. The molecule has 5 nitrogen and oxygen atoms in total. The molecule has 2 rings (SSSR count). The normalized spacial score (nSPS) is 16.9. The van der Waals surface area contributed by atoms with Crippen LogP contribution < -0.4 is 5.32 Å². The largest absolute Gasteiger partial charge is 0.377 e. The lowest BCUT2D eigenvalue weighted by molar-refractivity contribution is 0.178. The number of likely N-dealkylation sites (tertiary alicyclic amines) is 1. The average molecular weight is 299 g/mol. The maximum absolute atomic E-state index is 5.98. The van der Waals surface area contributed by atoms with Gasteiger partial charge in [-0.25, -0.2) is 9.97 Å². The molecule has 6 heteroatoms. The molecule has 0 atom stereocenters. The number of hydrogen-bond acceptors (Lipinski definition) is 5. The molecule has 0 aliphatic carbocycles. The van der Waals surface area contributed by atoms with Crippen LogP contribution in [0.5, 0.6) is 0 Å². The summed E-state index contributed by atoms with van der Waals surface area (Å²) in [5, 5.41) is 3.77. The molecule has 0 bridgehead atoms. The molecule has 2 heterocycles. The molecule has 1 aliphatic rings. The highest BCUT2D eigenvalue weighted by atomic mass is 35.5. The summed E-state index contributed by atoms with van der Waals surface area (Å²) in [6.07, 6.45) is 5.37. The number of rotatable bonds is 6. The van der Waals surface area contributed by atoms with E-state index in [2.05, 4.69) is 20.2 Å². The lowest BCUT2D eigenvalue weighted by atomic mass is 10.2. The zero-order valence-corrected chi connectivity index (χ0v) is 12.8. The van der Waals surface area contributed by atoms with Gasteiger partial charge in [0, 0.05) is 26.3 Å². The molecule has 0 amide bonds. The summed E-state index contributed by atoms with van der Waals surface area (Å²) in [4.78, 5) is 11.0. The van der Waals surface area contributed by atoms with Crippen LogP contribution in [0.1, 0.15) is 31.5 Å². The molecule has 0 radical (unpaired) electrons. The number of halogens is 1. The van der Waals surface area contributed by atoms with Crippen LogP contribution in [0.25, 0.3) is 0 Å². The van der Waals surface area contributed by atoms with Gasteiger partial charge in [0.15, 0.2) is 5.82 Å². The van der Waals surface area contributed by atoms with Crippen LogP contribution in [0.2, 0.25) is 5.15 Å². The number of anilines is 1. The smallest absolute Gasteiger partial charge is 0.158 e. The summed E-state index contributed by atoms with van der Waals surface area (Å²) in [5.41, 5.74) is 0. The molecule has 1 aromatic rings. The van der Waals surface area contributed by atoms with Crippen molar-refractivity contribution in [2.75, 3.05) is 38.6 Å². The number of nitrogens with one attached hydrogen (secondary N) is 1. The molecular formula is C14H23ClN4O. The lowest BCUT2D eigenvalue weighted by Gasteiger charge is -2.20. The molecule has 112 valence electrons. The Labute approximate surface area is 125 Å². The van der Waals surface area contributed by atoms with E-state index in [0.717, 1.165) is 18.9 Å². The molecule has 1 fully saturated rings. The van der Waals surface area contributed by atoms with Gasteiger partial charge in [-0.05, 0) is 25.9 Å². The fourth-order valence-corrected chi connectivity index (χ4v) is 2.65. The third-order valence-corrected chi connectivity index (χ3v) is 3.64. The minimum Gasteiger partial charge on any atom is -0.377 e. The van der Waals surface area contributed by atoms with Crippen molar-refractivity contribution < 1.29 is 4.74 Å². The maximum atomic E-state index is 5.98. The predicted octanol–water partition coefficient (Wildman–Crippen LogP) is 2.56. The third kappa shape index (κ3) is 5.23. The fourth-order valence-electron chi connectivity index (χ4n) is 2.45. The summed E-state index contributed by atoms with van der Waals surface area (Å²) in [6.45, 7) is 4.71. The van der Waals surface area contributed by atoms with Crippen LogP contribution in [-0.2, 0) is 11.3 Å². The number of ether oxygens (including phenoxy) is 1. The molecule has 1 aromatic heterocycles. The minimum atomic E-state index is 0.376. The number of aromatic nitrogens is 2. The summed E-state index contributed by atoms with van der Waals surface area (Å²) >= 11 is 5.98. The molecule has 20 heavy (non-hydrogen) atoms. The van der Waals surface area contributed by atoms with E-state index in [1.807, 2.05) is 0 Å². The van der Waals surface area contributed by atoms with E-state index in [-0.39, 0.29) is 0 Å². The minimum absolute atomic E-state index is 0.376. The SMILES string of the molecule is COCc1nc(Cl)cc(NCCN2CCCCCC2)n1. The van der Waals surface area contributed by atoms with Crippen molar-refractivity contribution in [2.24, 2.45) is 0 Å². The van der Waals surface area contributed by atoms with Crippen LogP contribution in [0, 0.1) is 0 Å². The summed E-state index contributed by atoms with van der Waals surface area (Å²) in [7, 11) is 1.62. The Kier molecular flexibility index (Phi) is 6.50. The lowest BCUT2D eigenvalue weighted by Crippen LogP contribution is -2.30. The molecule has 0 unspecified atom stereocenters. The second kappa shape index (κ2) is 8.39. The first kappa shape index (κ1) is 15.5.